The molecule has 1 aliphatic rings. The van der Waals surface area contributed by atoms with E-state index in [1.54, 1.807) is 31.2 Å². The van der Waals surface area contributed by atoms with E-state index in [0.29, 0.717) is 23.4 Å². The summed E-state index contributed by atoms with van der Waals surface area (Å²) in [5.41, 5.74) is -0.722. The van der Waals surface area contributed by atoms with Crippen molar-refractivity contribution in [3.63, 3.8) is 0 Å². The second-order valence-electron chi connectivity index (χ2n) is 5.74. The SMILES string of the molecule is CC1(NC(=O)c2cccc(Cl)c2)CC(C)(C(=O)O)C1. The Kier molecular flexibility index (Phi) is 3.31. The molecule has 0 spiro atoms. The molecule has 0 unspecified atom stereocenters. The Hall–Kier alpha value is -1.55. The molecule has 1 saturated carbocycles. The molecule has 2 N–H and O–H groups in total. The molecule has 0 aliphatic heterocycles. The Balaban J connectivity index is 2.03. The van der Waals surface area contributed by atoms with Gasteiger partial charge in [0, 0.05) is 16.1 Å². The predicted molar refractivity (Wildman–Crippen MR) is 72.3 cm³/mol. The summed E-state index contributed by atoms with van der Waals surface area (Å²) in [6, 6.07) is 6.68. The molecule has 5 heteroatoms. The highest BCUT2D eigenvalue weighted by Gasteiger charge is 2.54. The first-order valence-corrected chi connectivity index (χ1v) is 6.43. The first-order valence-electron chi connectivity index (χ1n) is 6.06. The standard InChI is InChI=1S/C14H16ClNO3/c1-13(12(18)19)7-14(2,8-13)16-11(17)9-4-3-5-10(15)6-9/h3-6H,7-8H2,1-2H3,(H,16,17)(H,18,19). The van der Waals surface area contributed by atoms with Crippen LogP contribution in [0, 0.1) is 5.41 Å². The summed E-state index contributed by atoms with van der Waals surface area (Å²) in [5, 5.41) is 12.5. The third-order valence-corrected chi connectivity index (χ3v) is 3.81. The lowest BCUT2D eigenvalue weighted by Crippen LogP contribution is -2.61. The van der Waals surface area contributed by atoms with Crippen molar-refractivity contribution in [2.24, 2.45) is 5.41 Å². The predicted octanol–water partition coefficient (Wildman–Crippen LogP) is 2.71. The monoisotopic (exact) mass is 281 g/mol. The van der Waals surface area contributed by atoms with Crippen LogP contribution in [0.2, 0.25) is 5.02 Å². The van der Waals surface area contributed by atoms with Crippen molar-refractivity contribution >= 4 is 23.5 Å². The normalized spacial score (nSPS) is 29.4. The highest BCUT2D eigenvalue weighted by molar-refractivity contribution is 6.30. The number of hydrogen-bond donors (Lipinski definition) is 2. The number of halogens is 1. The van der Waals surface area contributed by atoms with Crippen molar-refractivity contribution in [3.8, 4) is 0 Å². The molecule has 1 amide bonds. The number of hydrogen-bond acceptors (Lipinski definition) is 2. The van der Waals surface area contributed by atoms with Gasteiger partial charge in [0.1, 0.15) is 0 Å². The van der Waals surface area contributed by atoms with E-state index < -0.39 is 16.9 Å². The number of benzene rings is 1. The summed E-state index contributed by atoms with van der Waals surface area (Å²) >= 11 is 5.84. The first-order chi connectivity index (χ1) is 8.74. The molecule has 0 atom stereocenters. The Morgan fingerprint density at radius 3 is 2.47 bits per heavy atom. The van der Waals surface area contributed by atoms with Crippen molar-refractivity contribution in [2.45, 2.75) is 32.2 Å². The van der Waals surface area contributed by atoms with Gasteiger partial charge in [-0.2, -0.15) is 0 Å². The minimum absolute atomic E-state index is 0.225. The largest absolute Gasteiger partial charge is 0.481 e. The molecule has 0 radical (unpaired) electrons. The molecule has 2 rings (SSSR count). The van der Waals surface area contributed by atoms with Crippen LogP contribution >= 0.6 is 11.6 Å². The van der Waals surface area contributed by atoms with Gasteiger partial charge in [0.25, 0.3) is 5.91 Å². The van der Waals surface area contributed by atoms with Gasteiger partial charge in [-0.25, -0.2) is 0 Å². The first kappa shape index (κ1) is 13.9. The molecular formula is C14H16ClNO3. The Morgan fingerprint density at radius 2 is 1.95 bits per heavy atom. The third kappa shape index (κ3) is 2.73. The smallest absolute Gasteiger partial charge is 0.309 e. The van der Waals surface area contributed by atoms with Crippen molar-refractivity contribution in [3.05, 3.63) is 34.9 Å². The molecule has 19 heavy (non-hydrogen) atoms. The van der Waals surface area contributed by atoms with E-state index >= 15 is 0 Å². The molecule has 0 bridgehead atoms. The van der Waals surface area contributed by atoms with Crippen molar-refractivity contribution in [1.29, 1.82) is 0 Å². The van der Waals surface area contributed by atoms with Crippen LogP contribution in [-0.4, -0.2) is 22.5 Å². The van der Waals surface area contributed by atoms with Gasteiger partial charge in [0.2, 0.25) is 0 Å². The minimum Gasteiger partial charge on any atom is -0.481 e. The van der Waals surface area contributed by atoms with E-state index in [1.165, 1.54) is 0 Å². The lowest BCUT2D eigenvalue weighted by atomic mass is 9.59. The van der Waals surface area contributed by atoms with Gasteiger partial charge in [-0.3, -0.25) is 9.59 Å². The number of amides is 1. The zero-order valence-corrected chi connectivity index (χ0v) is 11.6. The third-order valence-electron chi connectivity index (χ3n) is 3.58. The number of carbonyl (C=O) groups is 2. The maximum Gasteiger partial charge on any atom is 0.309 e. The van der Waals surface area contributed by atoms with Crippen LogP contribution in [-0.2, 0) is 4.79 Å². The van der Waals surface area contributed by atoms with E-state index in [2.05, 4.69) is 5.32 Å². The summed E-state index contributed by atoms with van der Waals surface area (Å²) in [6.45, 7) is 3.56. The molecule has 0 heterocycles. The molecule has 1 aliphatic carbocycles. The molecule has 102 valence electrons. The van der Waals surface area contributed by atoms with Crippen molar-refractivity contribution in [2.75, 3.05) is 0 Å². The quantitative estimate of drug-likeness (QED) is 0.895. The zero-order chi connectivity index (χ0) is 14.3. The van der Waals surface area contributed by atoms with E-state index in [9.17, 15) is 9.59 Å². The molecule has 4 nitrogen and oxygen atoms in total. The fraction of sp³-hybridized carbons (Fsp3) is 0.429. The number of aliphatic carboxylic acids is 1. The molecule has 0 aromatic heterocycles. The summed E-state index contributed by atoms with van der Waals surface area (Å²) in [6.07, 6.45) is 0.864. The summed E-state index contributed by atoms with van der Waals surface area (Å²) in [5.74, 6) is -1.04. The van der Waals surface area contributed by atoms with Crippen LogP contribution in [0.1, 0.15) is 37.0 Å². The fourth-order valence-corrected chi connectivity index (χ4v) is 3.08. The Labute approximate surface area is 116 Å². The van der Waals surface area contributed by atoms with Crippen molar-refractivity contribution < 1.29 is 14.7 Å². The number of rotatable bonds is 3. The van der Waals surface area contributed by atoms with E-state index in [-0.39, 0.29) is 5.91 Å². The van der Waals surface area contributed by atoms with Gasteiger partial charge in [-0.1, -0.05) is 17.7 Å². The van der Waals surface area contributed by atoms with Crippen molar-refractivity contribution in [1.82, 2.24) is 5.32 Å². The second-order valence-corrected chi connectivity index (χ2v) is 6.18. The van der Waals surface area contributed by atoms with Crippen LogP contribution in [0.15, 0.2) is 24.3 Å². The molecule has 1 aromatic rings. The fourth-order valence-electron chi connectivity index (χ4n) is 2.89. The van der Waals surface area contributed by atoms with Gasteiger partial charge in [-0.05, 0) is 44.9 Å². The maximum atomic E-state index is 12.1. The van der Waals surface area contributed by atoms with Crippen LogP contribution in [0.3, 0.4) is 0 Å². The summed E-state index contributed by atoms with van der Waals surface area (Å²) in [7, 11) is 0. The molecule has 0 saturated heterocycles. The highest BCUT2D eigenvalue weighted by Crippen LogP contribution is 2.48. The van der Waals surface area contributed by atoms with E-state index in [0.717, 1.165) is 0 Å². The van der Waals surface area contributed by atoms with Crippen LogP contribution in [0.5, 0.6) is 0 Å². The van der Waals surface area contributed by atoms with E-state index in [4.69, 9.17) is 16.7 Å². The van der Waals surface area contributed by atoms with Crippen LogP contribution in [0.25, 0.3) is 0 Å². The minimum atomic E-state index is -0.818. The second kappa shape index (κ2) is 4.53. The Bertz CT molecular complexity index is 535. The summed E-state index contributed by atoms with van der Waals surface area (Å²) in [4.78, 5) is 23.1. The van der Waals surface area contributed by atoms with Gasteiger partial charge >= 0.3 is 5.97 Å². The van der Waals surface area contributed by atoms with Gasteiger partial charge in [0.05, 0.1) is 5.41 Å². The molecular weight excluding hydrogens is 266 g/mol. The zero-order valence-electron chi connectivity index (χ0n) is 10.9. The van der Waals surface area contributed by atoms with Gasteiger partial charge in [0.15, 0.2) is 0 Å². The van der Waals surface area contributed by atoms with Gasteiger partial charge < -0.3 is 10.4 Å². The lowest BCUT2D eigenvalue weighted by molar-refractivity contribution is -0.158. The number of carboxylic acids is 1. The topological polar surface area (TPSA) is 66.4 Å². The Morgan fingerprint density at radius 1 is 1.32 bits per heavy atom. The number of nitrogens with one attached hydrogen (secondary N) is 1. The highest BCUT2D eigenvalue weighted by atomic mass is 35.5. The van der Waals surface area contributed by atoms with Crippen LogP contribution < -0.4 is 5.32 Å². The number of carboxylic acid groups (broad SMARTS) is 1. The summed E-state index contributed by atoms with van der Waals surface area (Å²) < 4.78 is 0. The average molecular weight is 282 g/mol. The van der Waals surface area contributed by atoms with E-state index in [1.807, 2.05) is 6.92 Å². The van der Waals surface area contributed by atoms with Gasteiger partial charge in [-0.15, -0.1) is 0 Å². The molecule has 1 fully saturated rings. The van der Waals surface area contributed by atoms with Crippen LogP contribution in [0.4, 0.5) is 0 Å². The molecule has 1 aromatic carbocycles. The number of carbonyl (C=O) groups excluding carboxylic acids is 1. The average Bonchev–Trinajstić information content (AvgIpc) is 2.26. The maximum absolute atomic E-state index is 12.1. The lowest BCUT2D eigenvalue weighted by Gasteiger charge is -2.50.